The molecular formula is C15H7NO5. The van der Waals surface area contributed by atoms with Crippen LogP contribution in [0.25, 0.3) is 5.76 Å². The molecule has 0 fully saturated rings. The number of ether oxygens (including phenoxy) is 2. The number of carbonyl (C=O) groups is 2. The Hall–Kier alpha value is -3.15. The van der Waals surface area contributed by atoms with Crippen LogP contribution in [0, 0.1) is 0 Å². The van der Waals surface area contributed by atoms with E-state index in [-0.39, 0.29) is 17.4 Å². The molecule has 0 unspecified atom stereocenters. The fourth-order valence-corrected chi connectivity index (χ4v) is 2.19. The molecule has 6 nitrogen and oxygen atoms in total. The molecule has 21 heavy (non-hydrogen) atoms. The maximum Gasteiger partial charge on any atom is 0.367 e. The molecule has 0 bridgehead atoms. The van der Waals surface area contributed by atoms with Gasteiger partial charge in [-0.05, 0) is 18.2 Å². The summed E-state index contributed by atoms with van der Waals surface area (Å²) in [7, 11) is 0. The van der Waals surface area contributed by atoms with Gasteiger partial charge in [-0.3, -0.25) is 0 Å². The van der Waals surface area contributed by atoms with E-state index >= 15 is 0 Å². The fourth-order valence-electron chi connectivity index (χ4n) is 2.19. The first-order valence-electron chi connectivity index (χ1n) is 6.14. The standard InChI is InChI=1S/C15H7NO5/c17-14-9-5-2-1-4-8(9)12(20-14)11-15(18)21-13(16-11)10-6-3-7-19-10/h1-7H/b12-11-. The van der Waals surface area contributed by atoms with Gasteiger partial charge in [-0.15, -0.1) is 0 Å². The van der Waals surface area contributed by atoms with E-state index < -0.39 is 11.9 Å². The Morgan fingerprint density at radius 2 is 1.67 bits per heavy atom. The summed E-state index contributed by atoms with van der Waals surface area (Å²) in [5, 5.41) is 0. The Bertz CT molecular complexity index is 830. The van der Waals surface area contributed by atoms with Crippen LogP contribution in [0.3, 0.4) is 0 Å². The minimum atomic E-state index is -0.680. The van der Waals surface area contributed by atoms with E-state index in [9.17, 15) is 9.59 Å². The number of esters is 2. The minimum Gasteiger partial charge on any atom is -0.459 e. The van der Waals surface area contributed by atoms with Gasteiger partial charge in [0.15, 0.2) is 17.2 Å². The minimum absolute atomic E-state index is 0.0419. The zero-order chi connectivity index (χ0) is 14.4. The second-order valence-electron chi connectivity index (χ2n) is 4.40. The van der Waals surface area contributed by atoms with Gasteiger partial charge in [0.2, 0.25) is 0 Å². The number of hydrogen-bond donors (Lipinski definition) is 0. The van der Waals surface area contributed by atoms with Crippen molar-refractivity contribution in [1.82, 2.24) is 0 Å². The summed E-state index contributed by atoms with van der Waals surface area (Å²) in [6.45, 7) is 0. The van der Waals surface area contributed by atoms with E-state index in [1.165, 1.54) is 6.26 Å². The molecule has 0 saturated carbocycles. The summed E-state index contributed by atoms with van der Waals surface area (Å²) >= 11 is 0. The smallest absolute Gasteiger partial charge is 0.367 e. The Kier molecular flexibility index (Phi) is 2.32. The van der Waals surface area contributed by atoms with Gasteiger partial charge in [0.25, 0.3) is 5.90 Å². The number of benzene rings is 1. The zero-order valence-electron chi connectivity index (χ0n) is 10.5. The zero-order valence-corrected chi connectivity index (χ0v) is 10.5. The molecule has 1 aromatic heterocycles. The quantitative estimate of drug-likeness (QED) is 0.591. The number of aliphatic imine (C=N–C) groups is 1. The van der Waals surface area contributed by atoms with Crippen LogP contribution in [-0.4, -0.2) is 17.8 Å². The highest BCUT2D eigenvalue weighted by Crippen LogP contribution is 2.34. The number of fused-ring (bicyclic) bond motifs is 1. The summed E-state index contributed by atoms with van der Waals surface area (Å²) in [5.41, 5.74) is 0.882. The van der Waals surface area contributed by atoms with E-state index in [0.29, 0.717) is 16.9 Å². The summed E-state index contributed by atoms with van der Waals surface area (Å²) in [6.07, 6.45) is 1.45. The molecule has 0 radical (unpaired) electrons. The van der Waals surface area contributed by atoms with Crippen LogP contribution < -0.4 is 0 Å². The molecule has 0 atom stereocenters. The maximum atomic E-state index is 12.0. The van der Waals surface area contributed by atoms with Gasteiger partial charge in [0.1, 0.15) is 0 Å². The molecule has 1 aromatic carbocycles. The van der Waals surface area contributed by atoms with Gasteiger partial charge >= 0.3 is 11.9 Å². The van der Waals surface area contributed by atoms with Gasteiger partial charge in [-0.2, -0.15) is 4.99 Å². The van der Waals surface area contributed by atoms with Crippen molar-refractivity contribution >= 4 is 23.6 Å². The van der Waals surface area contributed by atoms with Gasteiger partial charge in [0.05, 0.1) is 11.8 Å². The molecule has 0 N–H and O–H groups in total. The van der Waals surface area contributed by atoms with Gasteiger partial charge < -0.3 is 13.9 Å². The molecule has 6 heteroatoms. The van der Waals surface area contributed by atoms with E-state index in [0.717, 1.165) is 0 Å². The molecule has 102 valence electrons. The highest BCUT2D eigenvalue weighted by molar-refractivity contribution is 6.15. The Morgan fingerprint density at radius 3 is 2.43 bits per heavy atom. The van der Waals surface area contributed by atoms with Crippen molar-refractivity contribution in [1.29, 1.82) is 0 Å². The van der Waals surface area contributed by atoms with Crippen LogP contribution in [0.5, 0.6) is 0 Å². The van der Waals surface area contributed by atoms with Crippen LogP contribution in [0.2, 0.25) is 0 Å². The Balaban J connectivity index is 1.87. The topological polar surface area (TPSA) is 78.1 Å². The molecular weight excluding hydrogens is 274 g/mol. The normalized spacial score (nSPS) is 20.1. The fraction of sp³-hybridized carbons (Fsp3) is 0. The number of cyclic esters (lactones) is 2. The maximum absolute atomic E-state index is 12.0. The largest absolute Gasteiger partial charge is 0.459 e. The van der Waals surface area contributed by atoms with Crippen LogP contribution in [0.1, 0.15) is 21.7 Å². The summed E-state index contributed by atoms with van der Waals surface area (Å²) < 4.78 is 15.3. The van der Waals surface area contributed by atoms with Gasteiger partial charge in [-0.1, -0.05) is 18.2 Å². The average Bonchev–Trinajstić information content (AvgIpc) is 3.19. The predicted molar refractivity (Wildman–Crippen MR) is 70.1 cm³/mol. The first kappa shape index (κ1) is 11.7. The molecule has 0 spiro atoms. The lowest BCUT2D eigenvalue weighted by Crippen LogP contribution is -2.05. The van der Waals surface area contributed by atoms with Crippen molar-refractivity contribution in [2.24, 2.45) is 4.99 Å². The highest BCUT2D eigenvalue weighted by atomic mass is 16.6. The lowest BCUT2D eigenvalue weighted by Gasteiger charge is -1.98. The lowest BCUT2D eigenvalue weighted by atomic mass is 10.1. The second kappa shape index (κ2) is 4.17. The third-order valence-corrected chi connectivity index (χ3v) is 3.13. The van der Waals surface area contributed by atoms with E-state index in [4.69, 9.17) is 13.9 Å². The molecule has 2 aliphatic heterocycles. The summed E-state index contributed by atoms with van der Waals surface area (Å²) in [4.78, 5) is 27.8. The molecule has 2 aliphatic rings. The first-order chi connectivity index (χ1) is 10.2. The average molecular weight is 281 g/mol. The molecule has 2 aromatic rings. The SMILES string of the molecule is O=C1OC(c2ccco2)=N/C1=C1\OC(=O)c2ccccc21. The second-order valence-corrected chi connectivity index (χ2v) is 4.40. The van der Waals surface area contributed by atoms with Crippen LogP contribution in [0.4, 0.5) is 0 Å². The summed E-state index contributed by atoms with van der Waals surface area (Å²) in [6, 6.07) is 10.1. The van der Waals surface area contributed by atoms with Crippen molar-refractivity contribution in [2.75, 3.05) is 0 Å². The number of nitrogens with zero attached hydrogens (tertiary/aromatic N) is 1. The molecule has 4 rings (SSSR count). The van der Waals surface area contributed by atoms with Crippen molar-refractivity contribution in [3.63, 3.8) is 0 Å². The predicted octanol–water partition coefficient (Wildman–Crippen LogP) is 2.12. The van der Waals surface area contributed by atoms with Crippen LogP contribution >= 0.6 is 0 Å². The monoisotopic (exact) mass is 281 g/mol. The van der Waals surface area contributed by atoms with Crippen molar-refractivity contribution in [2.45, 2.75) is 0 Å². The first-order valence-corrected chi connectivity index (χ1v) is 6.14. The molecule has 0 aliphatic carbocycles. The lowest BCUT2D eigenvalue weighted by molar-refractivity contribution is -0.130. The third-order valence-electron chi connectivity index (χ3n) is 3.13. The number of rotatable bonds is 1. The molecule has 3 heterocycles. The Labute approximate surface area is 118 Å². The van der Waals surface area contributed by atoms with Crippen LogP contribution in [-0.2, 0) is 14.3 Å². The van der Waals surface area contributed by atoms with Crippen LogP contribution in [0.15, 0.2) is 57.8 Å². The van der Waals surface area contributed by atoms with E-state index in [2.05, 4.69) is 4.99 Å². The molecule has 0 amide bonds. The van der Waals surface area contributed by atoms with Crippen molar-refractivity contribution in [3.05, 3.63) is 65.2 Å². The van der Waals surface area contributed by atoms with E-state index in [1.54, 1.807) is 36.4 Å². The third kappa shape index (κ3) is 1.69. The number of carbonyl (C=O) groups excluding carboxylic acids is 2. The Morgan fingerprint density at radius 1 is 0.857 bits per heavy atom. The van der Waals surface area contributed by atoms with Gasteiger partial charge in [-0.25, -0.2) is 9.59 Å². The number of furan rings is 1. The number of hydrogen-bond acceptors (Lipinski definition) is 6. The van der Waals surface area contributed by atoms with Crippen molar-refractivity contribution < 1.29 is 23.5 Å². The molecule has 0 saturated heterocycles. The van der Waals surface area contributed by atoms with Crippen molar-refractivity contribution in [3.8, 4) is 0 Å². The van der Waals surface area contributed by atoms with E-state index in [1.807, 2.05) is 0 Å². The highest BCUT2D eigenvalue weighted by Gasteiger charge is 2.36. The summed E-state index contributed by atoms with van der Waals surface area (Å²) in [5.74, 6) is -0.699. The van der Waals surface area contributed by atoms with Gasteiger partial charge in [0, 0.05) is 5.56 Å².